The number of aryl methyl sites for hydroxylation is 1. The third-order valence-corrected chi connectivity index (χ3v) is 5.85. The molecule has 3 aromatic rings. The van der Waals surface area contributed by atoms with Crippen LogP contribution in [0.15, 0.2) is 41.3 Å². The number of aromatic nitrogens is 2. The first-order valence-electron chi connectivity index (χ1n) is 10.5. The van der Waals surface area contributed by atoms with Crippen LogP contribution in [0, 0.1) is 6.92 Å². The van der Waals surface area contributed by atoms with Gasteiger partial charge in [-0.2, -0.15) is 0 Å². The summed E-state index contributed by atoms with van der Waals surface area (Å²) in [4.78, 5) is 17.0. The Hall–Kier alpha value is -3.68. The lowest BCUT2D eigenvalue weighted by Gasteiger charge is -2.28. The smallest absolute Gasteiger partial charge is 0.257 e. The Kier molecular flexibility index (Phi) is 5.13. The van der Waals surface area contributed by atoms with Crippen molar-refractivity contribution >= 4 is 0 Å². The molecule has 0 amide bonds. The quantitative estimate of drug-likeness (QED) is 0.608. The van der Waals surface area contributed by atoms with E-state index >= 15 is 0 Å². The molecule has 32 heavy (non-hydrogen) atoms. The summed E-state index contributed by atoms with van der Waals surface area (Å²) >= 11 is 0. The van der Waals surface area contributed by atoms with E-state index in [2.05, 4.69) is 4.98 Å². The number of hydrogen-bond donors (Lipinski definition) is 0. The van der Waals surface area contributed by atoms with Crippen molar-refractivity contribution in [3.8, 4) is 40.1 Å². The molecule has 8 nitrogen and oxygen atoms in total. The third-order valence-electron chi connectivity index (χ3n) is 5.85. The summed E-state index contributed by atoms with van der Waals surface area (Å²) in [7, 11) is 3.22. The molecule has 2 aliphatic heterocycles. The molecule has 0 bridgehead atoms. The van der Waals surface area contributed by atoms with Crippen molar-refractivity contribution in [2.45, 2.75) is 26.0 Å². The highest BCUT2D eigenvalue weighted by molar-refractivity contribution is 5.74. The molecule has 2 aliphatic rings. The highest BCUT2D eigenvalue weighted by atomic mass is 16.6. The minimum atomic E-state index is -0.304. The summed E-state index contributed by atoms with van der Waals surface area (Å²) in [6.07, 6.45) is 2.09. The van der Waals surface area contributed by atoms with Crippen molar-refractivity contribution < 1.29 is 23.7 Å². The fraction of sp³-hybridized carbons (Fsp3) is 0.333. The van der Waals surface area contributed by atoms with Gasteiger partial charge in [0.2, 0.25) is 0 Å². The van der Waals surface area contributed by atoms with Gasteiger partial charge in [0.25, 0.3) is 11.4 Å². The molecule has 5 rings (SSSR count). The van der Waals surface area contributed by atoms with Gasteiger partial charge in [-0.3, -0.25) is 4.79 Å². The molecular formula is C24H24N2O6. The Morgan fingerprint density at radius 2 is 1.97 bits per heavy atom. The zero-order chi connectivity index (χ0) is 22.2. The predicted molar refractivity (Wildman–Crippen MR) is 117 cm³/mol. The monoisotopic (exact) mass is 436 g/mol. The summed E-state index contributed by atoms with van der Waals surface area (Å²) in [5.74, 6) is 2.90. The maximum Gasteiger partial charge on any atom is 0.257 e. The van der Waals surface area contributed by atoms with Crippen molar-refractivity contribution in [2.75, 3.05) is 27.4 Å². The maximum atomic E-state index is 12.9. The van der Waals surface area contributed by atoms with E-state index in [-0.39, 0.29) is 18.3 Å². The molecule has 0 aliphatic carbocycles. The Morgan fingerprint density at radius 1 is 1.16 bits per heavy atom. The van der Waals surface area contributed by atoms with E-state index in [0.29, 0.717) is 42.0 Å². The van der Waals surface area contributed by atoms with Crippen molar-refractivity contribution in [1.82, 2.24) is 9.55 Å². The normalized spacial score (nSPS) is 16.0. The molecule has 0 saturated carbocycles. The number of pyridine rings is 2. The lowest BCUT2D eigenvalue weighted by Crippen LogP contribution is -2.35. The molecule has 0 spiro atoms. The number of ether oxygens (including phenoxy) is 5. The Bertz CT molecular complexity index is 1240. The zero-order valence-electron chi connectivity index (χ0n) is 18.2. The second-order valence-electron chi connectivity index (χ2n) is 7.75. The molecule has 166 valence electrons. The zero-order valence-corrected chi connectivity index (χ0v) is 18.2. The molecule has 0 N–H and O–H groups in total. The molecule has 1 aromatic carbocycles. The first-order valence-corrected chi connectivity index (χ1v) is 10.5. The number of nitrogens with zero attached hydrogens (tertiary/aromatic N) is 2. The Balaban J connectivity index is 1.46. The van der Waals surface area contributed by atoms with Gasteiger partial charge in [-0.1, -0.05) is 0 Å². The highest BCUT2D eigenvalue weighted by Crippen LogP contribution is 2.40. The summed E-state index contributed by atoms with van der Waals surface area (Å²) in [6.45, 7) is 3.13. The largest absolute Gasteiger partial charge is 0.493 e. The molecule has 1 atom stereocenters. The first-order chi connectivity index (χ1) is 15.6. The van der Waals surface area contributed by atoms with E-state index in [1.165, 1.54) is 0 Å². The van der Waals surface area contributed by atoms with Crippen LogP contribution in [0.3, 0.4) is 0 Å². The predicted octanol–water partition coefficient (Wildman–Crippen LogP) is 3.01. The number of fused-ring (bicyclic) bond motifs is 4. The topological polar surface area (TPSA) is 81.0 Å². The average Bonchev–Trinajstić information content (AvgIpc) is 2.83. The van der Waals surface area contributed by atoms with Crippen molar-refractivity contribution in [2.24, 2.45) is 0 Å². The van der Waals surface area contributed by atoms with Crippen LogP contribution < -0.4 is 29.2 Å². The summed E-state index contributed by atoms with van der Waals surface area (Å²) in [6, 6.07) is 9.05. The highest BCUT2D eigenvalue weighted by Gasteiger charge is 2.26. The van der Waals surface area contributed by atoms with Crippen LogP contribution in [0.25, 0.3) is 11.3 Å². The van der Waals surface area contributed by atoms with Crippen LogP contribution in [-0.2, 0) is 13.0 Å². The number of hydrogen-bond acceptors (Lipinski definition) is 7. The lowest BCUT2D eigenvalue weighted by molar-refractivity contribution is 0.0498. The summed E-state index contributed by atoms with van der Waals surface area (Å²) < 4.78 is 30.4. The molecule has 2 aromatic heterocycles. The molecule has 1 unspecified atom stereocenters. The molecule has 8 heteroatoms. The van der Waals surface area contributed by atoms with E-state index in [1.807, 2.05) is 25.1 Å². The molecule has 0 radical (unpaired) electrons. The lowest BCUT2D eigenvalue weighted by atomic mass is 9.93. The maximum absolute atomic E-state index is 12.9. The van der Waals surface area contributed by atoms with Crippen LogP contribution >= 0.6 is 0 Å². The van der Waals surface area contributed by atoms with E-state index in [4.69, 9.17) is 23.7 Å². The standard InChI is InChI=1S/C24H24N2O6/c1-14-19(30-12-16-13-31-24-18(32-16)5-4-7-25-24)11-22(27)26-8-6-15-9-20(28-2)21(29-3)10-17(15)23(14)26/h4-5,7,9-11,16H,6,8,12-13H2,1-3H3. The summed E-state index contributed by atoms with van der Waals surface area (Å²) in [5.41, 5.74) is 3.68. The van der Waals surface area contributed by atoms with Crippen LogP contribution in [0.4, 0.5) is 0 Å². The van der Waals surface area contributed by atoms with Gasteiger partial charge in [0.15, 0.2) is 23.4 Å². The Morgan fingerprint density at radius 3 is 2.78 bits per heavy atom. The van der Waals surface area contributed by atoms with Crippen molar-refractivity contribution in [1.29, 1.82) is 0 Å². The second kappa shape index (κ2) is 8.11. The van der Waals surface area contributed by atoms with E-state index in [1.54, 1.807) is 37.1 Å². The van der Waals surface area contributed by atoms with Gasteiger partial charge in [-0.25, -0.2) is 4.98 Å². The average molecular weight is 436 g/mol. The minimum absolute atomic E-state index is 0.101. The van der Waals surface area contributed by atoms with Gasteiger partial charge >= 0.3 is 0 Å². The van der Waals surface area contributed by atoms with Crippen LogP contribution in [-0.4, -0.2) is 43.1 Å². The fourth-order valence-corrected chi connectivity index (χ4v) is 4.25. The minimum Gasteiger partial charge on any atom is -0.493 e. The van der Waals surface area contributed by atoms with Crippen LogP contribution in [0.2, 0.25) is 0 Å². The number of methoxy groups -OCH3 is 2. The van der Waals surface area contributed by atoms with E-state index in [0.717, 1.165) is 28.8 Å². The van der Waals surface area contributed by atoms with Gasteiger partial charge in [0, 0.05) is 29.9 Å². The molecule has 0 fully saturated rings. The summed E-state index contributed by atoms with van der Waals surface area (Å²) in [5, 5.41) is 0. The van der Waals surface area contributed by atoms with Crippen LogP contribution in [0.1, 0.15) is 11.1 Å². The number of rotatable bonds is 5. The molecule has 4 heterocycles. The Labute approximate surface area is 185 Å². The SMILES string of the molecule is COc1cc2c(cc1OC)-c1c(C)c(OCC3COc4ncccc4O3)cc(=O)n1CC2. The fourth-order valence-electron chi connectivity index (χ4n) is 4.25. The van der Waals surface area contributed by atoms with Crippen LogP contribution in [0.5, 0.6) is 28.9 Å². The van der Waals surface area contributed by atoms with Gasteiger partial charge in [-0.05, 0) is 43.2 Å². The van der Waals surface area contributed by atoms with Gasteiger partial charge in [0.1, 0.15) is 19.0 Å². The van der Waals surface area contributed by atoms with E-state index < -0.39 is 0 Å². The van der Waals surface area contributed by atoms with Crippen molar-refractivity contribution in [3.63, 3.8) is 0 Å². The molecule has 0 saturated heterocycles. The van der Waals surface area contributed by atoms with Gasteiger partial charge in [0.05, 0.1) is 19.9 Å². The van der Waals surface area contributed by atoms with E-state index in [9.17, 15) is 4.79 Å². The second-order valence-corrected chi connectivity index (χ2v) is 7.75. The first kappa shape index (κ1) is 20.2. The van der Waals surface area contributed by atoms with Crippen molar-refractivity contribution in [3.05, 3.63) is 58.0 Å². The number of benzene rings is 1. The third kappa shape index (κ3) is 3.41. The van der Waals surface area contributed by atoms with Gasteiger partial charge < -0.3 is 28.3 Å². The van der Waals surface area contributed by atoms with Gasteiger partial charge in [-0.15, -0.1) is 0 Å². The molecular weight excluding hydrogens is 412 g/mol.